The lowest BCUT2D eigenvalue weighted by Crippen LogP contribution is -2.13. The normalized spacial score (nSPS) is 12.3. The number of carbonyl (C=O) groups is 2. The number of ketones is 1. The zero-order chi connectivity index (χ0) is 14.0. The molecule has 0 fully saturated rings. The Balaban J connectivity index is 2.31. The third kappa shape index (κ3) is 2.93. The van der Waals surface area contributed by atoms with Crippen molar-refractivity contribution in [1.82, 2.24) is 4.57 Å². The van der Waals surface area contributed by atoms with E-state index in [0.29, 0.717) is 5.56 Å². The molecule has 2 aromatic rings. The van der Waals surface area contributed by atoms with Crippen LogP contribution in [-0.2, 0) is 6.42 Å². The summed E-state index contributed by atoms with van der Waals surface area (Å²) in [6.07, 6.45) is 2.37. The number of aromatic carboxylic acids is 1. The van der Waals surface area contributed by atoms with E-state index in [1.165, 1.54) is 18.6 Å². The van der Waals surface area contributed by atoms with Crippen molar-refractivity contribution >= 4 is 23.1 Å². The first kappa shape index (κ1) is 13.5. The number of hydrogen-bond donors (Lipinski definition) is 1. The molecule has 2 aromatic heterocycles. The second-order valence-corrected chi connectivity index (χ2v) is 5.35. The number of aromatic nitrogens is 1. The second-order valence-electron chi connectivity index (χ2n) is 4.57. The van der Waals surface area contributed by atoms with Gasteiger partial charge in [-0.15, -0.1) is 0 Å². The first-order chi connectivity index (χ1) is 8.99. The van der Waals surface area contributed by atoms with Crippen molar-refractivity contribution in [2.75, 3.05) is 0 Å². The third-order valence-electron chi connectivity index (χ3n) is 3.06. The van der Waals surface area contributed by atoms with Crippen molar-refractivity contribution in [3.05, 3.63) is 45.9 Å². The monoisotopic (exact) mass is 277 g/mol. The van der Waals surface area contributed by atoms with Crippen molar-refractivity contribution in [2.24, 2.45) is 0 Å². The van der Waals surface area contributed by atoms with Crippen LogP contribution in [0, 0.1) is 0 Å². The fourth-order valence-corrected chi connectivity index (χ4v) is 2.74. The number of carboxylic acid groups (broad SMARTS) is 1. The van der Waals surface area contributed by atoms with Gasteiger partial charge in [0, 0.05) is 17.8 Å². The summed E-state index contributed by atoms with van der Waals surface area (Å²) in [5.74, 6) is -1.13. The van der Waals surface area contributed by atoms with Crippen molar-refractivity contribution in [2.45, 2.75) is 26.3 Å². The van der Waals surface area contributed by atoms with Gasteiger partial charge in [0.15, 0.2) is 5.78 Å². The van der Waals surface area contributed by atoms with E-state index in [2.05, 4.69) is 0 Å². The Morgan fingerprint density at radius 1 is 1.47 bits per heavy atom. The van der Waals surface area contributed by atoms with Crippen LogP contribution < -0.4 is 0 Å². The summed E-state index contributed by atoms with van der Waals surface area (Å²) in [5.41, 5.74) is 1.77. The van der Waals surface area contributed by atoms with E-state index < -0.39 is 5.97 Å². The molecule has 0 bridgehead atoms. The third-order valence-corrected chi connectivity index (χ3v) is 3.79. The van der Waals surface area contributed by atoms with Gasteiger partial charge >= 0.3 is 5.97 Å². The lowest BCUT2D eigenvalue weighted by molar-refractivity contribution is 0.0683. The standard InChI is InChI=1S/C14H15NO3S/c1-9(5-11-3-4-19-8-11)15-7-12(10(2)16)6-13(15)14(17)18/h3-4,6-9H,5H2,1-2H3,(H,17,18). The fourth-order valence-electron chi connectivity index (χ4n) is 2.06. The van der Waals surface area contributed by atoms with Gasteiger partial charge in [-0.1, -0.05) is 0 Å². The lowest BCUT2D eigenvalue weighted by atomic mass is 10.1. The van der Waals surface area contributed by atoms with Gasteiger partial charge < -0.3 is 9.67 Å². The highest BCUT2D eigenvalue weighted by molar-refractivity contribution is 7.07. The zero-order valence-electron chi connectivity index (χ0n) is 10.8. The molecule has 2 rings (SSSR count). The van der Waals surface area contributed by atoms with E-state index in [9.17, 15) is 14.7 Å². The first-order valence-electron chi connectivity index (χ1n) is 5.96. The molecule has 1 N–H and O–H groups in total. The van der Waals surface area contributed by atoms with Gasteiger partial charge in [-0.25, -0.2) is 4.79 Å². The Bertz CT molecular complexity index is 598. The predicted octanol–water partition coefficient (Wildman–Crippen LogP) is 3.25. The van der Waals surface area contributed by atoms with Crippen LogP contribution >= 0.6 is 11.3 Å². The Labute approximate surface area is 115 Å². The maximum Gasteiger partial charge on any atom is 0.352 e. The van der Waals surface area contributed by atoms with Gasteiger partial charge in [0.2, 0.25) is 0 Å². The Hall–Kier alpha value is -1.88. The summed E-state index contributed by atoms with van der Waals surface area (Å²) in [5, 5.41) is 13.3. The summed E-state index contributed by atoms with van der Waals surface area (Å²) < 4.78 is 1.66. The summed E-state index contributed by atoms with van der Waals surface area (Å²) in [6.45, 7) is 3.39. The van der Waals surface area contributed by atoms with Crippen LogP contribution in [0.4, 0.5) is 0 Å². The van der Waals surface area contributed by atoms with Crippen LogP contribution in [0.3, 0.4) is 0 Å². The number of rotatable bonds is 5. The van der Waals surface area contributed by atoms with E-state index in [4.69, 9.17) is 0 Å². The predicted molar refractivity (Wildman–Crippen MR) is 74.1 cm³/mol. The Morgan fingerprint density at radius 2 is 2.21 bits per heavy atom. The molecule has 4 nitrogen and oxygen atoms in total. The first-order valence-corrected chi connectivity index (χ1v) is 6.90. The largest absolute Gasteiger partial charge is 0.477 e. The van der Waals surface area contributed by atoms with Crippen LogP contribution in [-0.4, -0.2) is 21.4 Å². The lowest BCUT2D eigenvalue weighted by Gasteiger charge is -2.15. The highest BCUT2D eigenvalue weighted by Gasteiger charge is 2.18. The molecule has 0 aliphatic carbocycles. The number of hydrogen-bond acceptors (Lipinski definition) is 3. The molecule has 0 amide bonds. The molecular formula is C14H15NO3S. The molecule has 1 unspecified atom stereocenters. The molecule has 0 aliphatic heterocycles. The SMILES string of the molecule is CC(=O)c1cc(C(=O)O)n(C(C)Cc2ccsc2)c1. The van der Waals surface area contributed by atoms with Crippen molar-refractivity contribution in [1.29, 1.82) is 0 Å². The van der Waals surface area contributed by atoms with E-state index >= 15 is 0 Å². The highest BCUT2D eigenvalue weighted by Crippen LogP contribution is 2.21. The minimum atomic E-state index is -1.01. The summed E-state index contributed by atoms with van der Waals surface area (Å²) in [4.78, 5) is 22.6. The van der Waals surface area contributed by atoms with Gasteiger partial charge in [-0.3, -0.25) is 4.79 Å². The smallest absolute Gasteiger partial charge is 0.352 e. The maximum absolute atomic E-state index is 11.4. The zero-order valence-corrected chi connectivity index (χ0v) is 11.6. The van der Waals surface area contributed by atoms with Gasteiger partial charge in [0.05, 0.1) is 0 Å². The van der Waals surface area contributed by atoms with E-state index in [1.807, 2.05) is 23.8 Å². The van der Waals surface area contributed by atoms with Crippen LogP contribution in [0.2, 0.25) is 0 Å². The quantitative estimate of drug-likeness (QED) is 0.853. The molecule has 0 radical (unpaired) electrons. The van der Waals surface area contributed by atoms with Gasteiger partial charge in [0.25, 0.3) is 0 Å². The minimum Gasteiger partial charge on any atom is -0.477 e. The maximum atomic E-state index is 11.4. The average Bonchev–Trinajstić information content (AvgIpc) is 2.96. The molecule has 0 spiro atoms. The summed E-state index contributed by atoms with van der Waals surface area (Å²) >= 11 is 1.62. The number of Topliss-reactive ketones (excluding diaryl/α,β-unsaturated/α-hetero) is 1. The molecule has 0 aromatic carbocycles. The Morgan fingerprint density at radius 3 is 2.74 bits per heavy atom. The minimum absolute atomic E-state index is 0.00574. The Kier molecular flexibility index (Phi) is 3.85. The number of carbonyl (C=O) groups excluding carboxylic acids is 1. The van der Waals surface area contributed by atoms with Gasteiger partial charge in [-0.05, 0) is 48.7 Å². The molecule has 19 heavy (non-hydrogen) atoms. The number of nitrogens with zero attached hydrogens (tertiary/aromatic N) is 1. The summed E-state index contributed by atoms with van der Waals surface area (Å²) in [7, 11) is 0. The van der Waals surface area contributed by atoms with E-state index in [-0.39, 0.29) is 17.5 Å². The molecule has 100 valence electrons. The molecule has 0 aliphatic rings. The van der Waals surface area contributed by atoms with Crippen LogP contribution in [0.1, 0.15) is 46.3 Å². The fraction of sp³-hybridized carbons (Fsp3) is 0.286. The second kappa shape index (κ2) is 5.40. The molecule has 0 saturated carbocycles. The van der Waals surface area contributed by atoms with Gasteiger partial charge in [-0.2, -0.15) is 11.3 Å². The highest BCUT2D eigenvalue weighted by atomic mass is 32.1. The molecule has 1 atom stereocenters. The number of carboxylic acids is 1. The van der Waals surface area contributed by atoms with Crippen LogP contribution in [0.25, 0.3) is 0 Å². The van der Waals surface area contributed by atoms with E-state index in [1.54, 1.807) is 22.1 Å². The molecular weight excluding hydrogens is 262 g/mol. The molecule has 5 heteroatoms. The van der Waals surface area contributed by atoms with Crippen molar-refractivity contribution < 1.29 is 14.7 Å². The van der Waals surface area contributed by atoms with Crippen LogP contribution in [0.15, 0.2) is 29.1 Å². The molecule has 2 heterocycles. The van der Waals surface area contributed by atoms with Crippen LogP contribution in [0.5, 0.6) is 0 Å². The van der Waals surface area contributed by atoms with E-state index in [0.717, 1.165) is 6.42 Å². The van der Waals surface area contributed by atoms with Crippen molar-refractivity contribution in [3.63, 3.8) is 0 Å². The van der Waals surface area contributed by atoms with Crippen molar-refractivity contribution in [3.8, 4) is 0 Å². The van der Waals surface area contributed by atoms with Gasteiger partial charge in [0.1, 0.15) is 5.69 Å². The number of thiophene rings is 1. The summed E-state index contributed by atoms with van der Waals surface area (Å²) in [6, 6.07) is 3.46. The average molecular weight is 277 g/mol. The topological polar surface area (TPSA) is 59.3 Å². The molecule has 0 saturated heterocycles.